The van der Waals surface area contributed by atoms with Crippen LogP contribution in [0.1, 0.15) is 17.3 Å². The first-order valence-electron chi connectivity index (χ1n) is 8.28. The Morgan fingerprint density at radius 3 is 2.69 bits per heavy atom. The number of halogens is 1. The molecule has 8 nitrogen and oxygen atoms in total. The number of hydrogen-bond acceptors (Lipinski definition) is 5. The Labute approximate surface area is 159 Å². The minimum atomic E-state index is -3.81. The van der Waals surface area contributed by atoms with Crippen molar-refractivity contribution in [1.29, 1.82) is 0 Å². The summed E-state index contributed by atoms with van der Waals surface area (Å²) in [7, 11) is -3.81. The normalized spacial score (nSPS) is 21.7. The van der Waals surface area contributed by atoms with Crippen LogP contribution in [0.2, 0.25) is 0 Å². The van der Waals surface area contributed by atoms with Crippen LogP contribution >= 0.6 is 12.4 Å². The summed E-state index contributed by atoms with van der Waals surface area (Å²) in [5.41, 5.74) is 0.344. The lowest BCUT2D eigenvalue weighted by Gasteiger charge is -2.34. The average Bonchev–Trinajstić information content (AvgIpc) is 2.62. The van der Waals surface area contributed by atoms with E-state index < -0.39 is 10.0 Å². The fourth-order valence-electron chi connectivity index (χ4n) is 3.07. The van der Waals surface area contributed by atoms with Crippen LogP contribution in [-0.2, 0) is 14.8 Å². The number of carbonyl (C=O) groups excluding carboxylic acids is 2. The summed E-state index contributed by atoms with van der Waals surface area (Å²) < 4.78 is 26.7. The van der Waals surface area contributed by atoms with E-state index in [0.29, 0.717) is 18.7 Å². The zero-order chi connectivity index (χ0) is 18.0. The van der Waals surface area contributed by atoms with Gasteiger partial charge in [0.2, 0.25) is 15.9 Å². The SMILES string of the molecule is C[C@@H]1CNCCN1C(=O)c1cccc(S(=O)(=O)N2CCNC(=O)C2)c1.Cl. The van der Waals surface area contributed by atoms with E-state index in [1.807, 2.05) is 6.92 Å². The van der Waals surface area contributed by atoms with E-state index in [-0.39, 0.29) is 54.8 Å². The minimum absolute atomic E-state index is 0. The summed E-state index contributed by atoms with van der Waals surface area (Å²) in [5, 5.41) is 5.82. The van der Waals surface area contributed by atoms with E-state index in [9.17, 15) is 18.0 Å². The fraction of sp³-hybridized carbons (Fsp3) is 0.500. The van der Waals surface area contributed by atoms with E-state index in [4.69, 9.17) is 0 Å². The van der Waals surface area contributed by atoms with Crippen molar-refractivity contribution in [3.63, 3.8) is 0 Å². The van der Waals surface area contributed by atoms with Crippen molar-refractivity contribution in [3.8, 4) is 0 Å². The second kappa shape index (κ2) is 8.34. The highest BCUT2D eigenvalue weighted by atomic mass is 35.5. The van der Waals surface area contributed by atoms with Crippen molar-refractivity contribution in [2.24, 2.45) is 0 Å². The zero-order valence-electron chi connectivity index (χ0n) is 14.5. The average molecular weight is 403 g/mol. The van der Waals surface area contributed by atoms with E-state index >= 15 is 0 Å². The van der Waals surface area contributed by atoms with Gasteiger partial charge in [0.25, 0.3) is 5.91 Å². The third-order valence-corrected chi connectivity index (χ3v) is 6.33. The molecule has 1 aromatic carbocycles. The maximum absolute atomic E-state index is 12.8. The number of carbonyl (C=O) groups is 2. The van der Waals surface area contributed by atoms with Gasteiger partial charge in [-0.1, -0.05) is 6.07 Å². The first kappa shape index (κ1) is 20.6. The number of nitrogens with one attached hydrogen (secondary N) is 2. The molecule has 26 heavy (non-hydrogen) atoms. The molecule has 0 bridgehead atoms. The lowest BCUT2D eigenvalue weighted by molar-refractivity contribution is -0.122. The number of piperazine rings is 2. The van der Waals surface area contributed by atoms with E-state index in [1.54, 1.807) is 17.0 Å². The Bertz CT molecular complexity index is 786. The van der Waals surface area contributed by atoms with Crippen molar-refractivity contribution in [2.75, 3.05) is 39.3 Å². The molecule has 0 unspecified atom stereocenters. The van der Waals surface area contributed by atoms with E-state index in [0.717, 1.165) is 10.8 Å². The molecule has 2 N–H and O–H groups in total. The Hall–Kier alpha value is -1.68. The molecule has 2 saturated heterocycles. The van der Waals surface area contributed by atoms with E-state index in [1.165, 1.54) is 12.1 Å². The van der Waals surface area contributed by atoms with Crippen molar-refractivity contribution >= 4 is 34.2 Å². The highest BCUT2D eigenvalue weighted by Gasteiger charge is 2.30. The zero-order valence-corrected chi connectivity index (χ0v) is 16.1. The number of nitrogens with zero attached hydrogens (tertiary/aromatic N) is 2. The largest absolute Gasteiger partial charge is 0.354 e. The quantitative estimate of drug-likeness (QED) is 0.720. The van der Waals surface area contributed by atoms with Crippen LogP contribution in [0.25, 0.3) is 0 Å². The minimum Gasteiger partial charge on any atom is -0.354 e. The topological polar surface area (TPSA) is 98.8 Å². The lowest BCUT2D eigenvalue weighted by atomic mass is 10.1. The molecular weight excluding hydrogens is 380 g/mol. The first-order chi connectivity index (χ1) is 11.9. The van der Waals surface area contributed by atoms with Gasteiger partial charge in [0.05, 0.1) is 11.4 Å². The predicted molar refractivity (Wildman–Crippen MR) is 98.8 cm³/mol. The van der Waals surface area contributed by atoms with Gasteiger partial charge < -0.3 is 15.5 Å². The lowest BCUT2D eigenvalue weighted by Crippen LogP contribution is -2.52. The fourth-order valence-corrected chi connectivity index (χ4v) is 4.51. The van der Waals surface area contributed by atoms with Gasteiger partial charge in [0, 0.05) is 44.3 Å². The van der Waals surface area contributed by atoms with Crippen LogP contribution in [0.4, 0.5) is 0 Å². The molecule has 144 valence electrons. The molecule has 1 aromatic rings. The molecule has 0 aliphatic carbocycles. The second-order valence-electron chi connectivity index (χ2n) is 6.27. The molecule has 2 aliphatic rings. The third-order valence-electron chi connectivity index (χ3n) is 4.48. The first-order valence-corrected chi connectivity index (χ1v) is 9.72. The second-order valence-corrected chi connectivity index (χ2v) is 8.21. The van der Waals surface area contributed by atoms with Gasteiger partial charge in [-0.05, 0) is 25.1 Å². The van der Waals surface area contributed by atoms with Crippen LogP contribution in [0.5, 0.6) is 0 Å². The van der Waals surface area contributed by atoms with Gasteiger partial charge in [0.15, 0.2) is 0 Å². The molecule has 2 amide bonds. The predicted octanol–water partition coefficient (Wildman–Crippen LogP) is -0.337. The maximum Gasteiger partial charge on any atom is 0.254 e. The Kier molecular flexibility index (Phi) is 6.62. The van der Waals surface area contributed by atoms with Gasteiger partial charge in [-0.15, -0.1) is 12.4 Å². The number of rotatable bonds is 3. The molecule has 2 aliphatic heterocycles. The molecular formula is C16H23ClN4O4S. The van der Waals surface area contributed by atoms with Crippen LogP contribution in [0.3, 0.4) is 0 Å². The molecule has 0 radical (unpaired) electrons. The highest BCUT2D eigenvalue weighted by Crippen LogP contribution is 2.19. The summed E-state index contributed by atoms with van der Waals surface area (Å²) in [6.45, 7) is 4.29. The van der Waals surface area contributed by atoms with Crippen LogP contribution in [-0.4, -0.2) is 74.7 Å². The molecule has 0 saturated carbocycles. The van der Waals surface area contributed by atoms with Crippen LogP contribution in [0.15, 0.2) is 29.2 Å². The number of sulfonamides is 1. The maximum atomic E-state index is 12.8. The molecule has 10 heteroatoms. The molecule has 2 heterocycles. The van der Waals surface area contributed by atoms with Crippen LogP contribution in [0, 0.1) is 0 Å². The summed E-state index contributed by atoms with van der Waals surface area (Å²) in [4.78, 5) is 26.0. The number of benzene rings is 1. The van der Waals surface area contributed by atoms with Crippen molar-refractivity contribution in [3.05, 3.63) is 29.8 Å². The third kappa shape index (κ3) is 4.17. The number of hydrogen-bond donors (Lipinski definition) is 2. The molecule has 1 atom stereocenters. The van der Waals surface area contributed by atoms with Gasteiger partial charge in [-0.25, -0.2) is 8.42 Å². The van der Waals surface area contributed by atoms with Gasteiger partial charge in [0.1, 0.15) is 0 Å². The summed E-state index contributed by atoms with van der Waals surface area (Å²) in [6, 6.07) is 6.10. The molecule has 2 fully saturated rings. The smallest absolute Gasteiger partial charge is 0.254 e. The Morgan fingerprint density at radius 1 is 1.23 bits per heavy atom. The summed E-state index contributed by atoms with van der Waals surface area (Å²) in [6.07, 6.45) is 0. The van der Waals surface area contributed by atoms with E-state index in [2.05, 4.69) is 10.6 Å². The molecule has 0 aromatic heterocycles. The monoisotopic (exact) mass is 402 g/mol. The molecule has 0 spiro atoms. The Balaban J connectivity index is 0.00000243. The van der Waals surface area contributed by atoms with Crippen molar-refractivity contribution < 1.29 is 18.0 Å². The number of amides is 2. The van der Waals surface area contributed by atoms with Gasteiger partial charge in [-0.2, -0.15) is 4.31 Å². The van der Waals surface area contributed by atoms with Crippen molar-refractivity contribution in [1.82, 2.24) is 19.8 Å². The summed E-state index contributed by atoms with van der Waals surface area (Å²) in [5.74, 6) is -0.501. The van der Waals surface area contributed by atoms with Crippen molar-refractivity contribution in [2.45, 2.75) is 17.9 Å². The summed E-state index contributed by atoms with van der Waals surface area (Å²) >= 11 is 0. The van der Waals surface area contributed by atoms with Gasteiger partial charge in [-0.3, -0.25) is 9.59 Å². The Morgan fingerprint density at radius 2 is 2.00 bits per heavy atom. The highest BCUT2D eigenvalue weighted by molar-refractivity contribution is 7.89. The van der Waals surface area contributed by atoms with Gasteiger partial charge >= 0.3 is 0 Å². The standard InChI is InChI=1S/C16H22N4O4S.ClH/c1-12-10-17-5-8-20(12)16(22)13-3-2-4-14(9-13)25(23,24)19-7-6-18-15(21)11-19;/h2-4,9,12,17H,5-8,10-11H2,1H3,(H,18,21);1H/t12-;/m1./s1. The molecule has 3 rings (SSSR count). The van der Waals surface area contributed by atoms with Crippen LogP contribution < -0.4 is 10.6 Å².